The maximum atomic E-state index is 12.3. The summed E-state index contributed by atoms with van der Waals surface area (Å²) in [5.41, 5.74) is -0.415. The second-order valence-corrected chi connectivity index (χ2v) is 7.56. The van der Waals surface area contributed by atoms with Crippen molar-refractivity contribution in [1.82, 2.24) is 0 Å². The highest BCUT2D eigenvalue weighted by molar-refractivity contribution is 7.81. The summed E-state index contributed by atoms with van der Waals surface area (Å²) in [6.07, 6.45) is 0.0953. The molecular weight excluding hydrogens is 356 g/mol. The van der Waals surface area contributed by atoms with Crippen LogP contribution in [0.5, 0.6) is 0 Å². The zero-order chi connectivity index (χ0) is 20.0. The molecule has 0 N–H and O–H groups in total. The summed E-state index contributed by atoms with van der Waals surface area (Å²) in [6.45, 7) is 8.49. The molecule has 6 nitrogen and oxygen atoms in total. The van der Waals surface area contributed by atoms with E-state index in [1.165, 1.54) is 6.92 Å². The molecule has 0 bridgehead atoms. The lowest BCUT2D eigenvalue weighted by Crippen LogP contribution is -2.41. The van der Waals surface area contributed by atoms with Gasteiger partial charge in [-0.3, -0.25) is 9.59 Å². The smallest absolute Gasteiger partial charge is 0.339 e. The Bertz CT molecular complexity index is 627. The van der Waals surface area contributed by atoms with Crippen molar-refractivity contribution in [2.75, 3.05) is 13.2 Å². The predicted octanol–water partition coefficient (Wildman–Crippen LogP) is 3.18. The summed E-state index contributed by atoms with van der Waals surface area (Å²) in [4.78, 5) is 35.8. The first-order valence-corrected chi connectivity index (χ1v) is 8.87. The Morgan fingerprint density at radius 3 is 1.77 bits per heavy atom. The Morgan fingerprint density at radius 1 is 0.923 bits per heavy atom. The minimum absolute atomic E-state index is 0.0953. The lowest BCUT2D eigenvalue weighted by atomic mass is 9.83. The fourth-order valence-electron chi connectivity index (χ4n) is 2.26. The van der Waals surface area contributed by atoms with Crippen molar-refractivity contribution in [3.8, 4) is 0 Å². The SMILES string of the molecule is CCOC(=O)C(C)(Cc1ccc(C(=O)OC(C)(C)S)cc1)C(=O)OCC. The van der Waals surface area contributed by atoms with Gasteiger partial charge < -0.3 is 14.2 Å². The molecule has 1 aromatic carbocycles. The molecule has 0 aliphatic heterocycles. The van der Waals surface area contributed by atoms with E-state index in [9.17, 15) is 14.4 Å². The third kappa shape index (κ3) is 6.05. The maximum absolute atomic E-state index is 12.3. The number of esters is 3. The Kier molecular flexibility index (Phi) is 7.68. The molecule has 1 aromatic rings. The Hall–Kier alpha value is -2.02. The molecule has 0 fully saturated rings. The molecule has 0 saturated carbocycles. The van der Waals surface area contributed by atoms with Gasteiger partial charge in [-0.25, -0.2) is 4.79 Å². The minimum Gasteiger partial charge on any atom is -0.465 e. The zero-order valence-corrected chi connectivity index (χ0v) is 16.7. The summed E-state index contributed by atoms with van der Waals surface area (Å²) < 4.78 is 15.3. The Balaban J connectivity index is 3.00. The number of hydrogen-bond acceptors (Lipinski definition) is 7. The number of carbonyl (C=O) groups excluding carboxylic acids is 3. The minimum atomic E-state index is -1.46. The van der Waals surface area contributed by atoms with Gasteiger partial charge in [-0.15, -0.1) is 12.6 Å². The predicted molar refractivity (Wildman–Crippen MR) is 100.0 cm³/mol. The Morgan fingerprint density at radius 2 is 1.38 bits per heavy atom. The van der Waals surface area contributed by atoms with Crippen molar-refractivity contribution in [3.63, 3.8) is 0 Å². The molecule has 26 heavy (non-hydrogen) atoms. The van der Waals surface area contributed by atoms with Crippen LogP contribution < -0.4 is 0 Å². The molecule has 0 unspecified atom stereocenters. The normalized spacial score (nSPS) is 11.6. The van der Waals surface area contributed by atoms with Crippen LogP contribution in [0.25, 0.3) is 0 Å². The van der Waals surface area contributed by atoms with Gasteiger partial charge in [0.2, 0.25) is 0 Å². The van der Waals surface area contributed by atoms with Crippen LogP contribution in [-0.4, -0.2) is 36.1 Å². The van der Waals surface area contributed by atoms with Crippen LogP contribution in [0.1, 0.15) is 50.5 Å². The molecular formula is C19H26O6S. The molecule has 0 aliphatic rings. The molecule has 0 atom stereocenters. The van der Waals surface area contributed by atoms with Gasteiger partial charge in [0.1, 0.15) is 4.93 Å². The molecule has 0 spiro atoms. The van der Waals surface area contributed by atoms with Crippen LogP contribution in [0.4, 0.5) is 0 Å². The highest BCUT2D eigenvalue weighted by atomic mass is 32.1. The zero-order valence-electron chi connectivity index (χ0n) is 15.8. The van der Waals surface area contributed by atoms with E-state index < -0.39 is 28.3 Å². The van der Waals surface area contributed by atoms with Crippen LogP contribution in [-0.2, 0) is 30.2 Å². The summed E-state index contributed by atoms with van der Waals surface area (Å²) in [5.74, 6) is -1.78. The largest absolute Gasteiger partial charge is 0.465 e. The van der Waals surface area contributed by atoms with Crippen LogP contribution in [0.15, 0.2) is 24.3 Å². The number of carbonyl (C=O) groups is 3. The second kappa shape index (κ2) is 9.07. The van der Waals surface area contributed by atoms with E-state index in [1.54, 1.807) is 52.0 Å². The third-order valence-electron chi connectivity index (χ3n) is 3.54. The van der Waals surface area contributed by atoms with E-state index in [0.29, 0.717) is 11.1 Å². The molecule has 144 valence electrons. The molecule has 0 aromatic heterocycles. The first-order valence-electron chi connectivity index (χ1n) is 8.42. The van der Waals surface area contributed by atoms with Gasteiger partial charge in [-0.05, 0) is 58.7 Å². The van der Waals surface area contributed by atoms with Gasteiger partial charge in [0.25, 0.3) is 0 Å². The fraction of sp³-hybridized carbons (Fsp3) is 0.526. The fourth-order valence-corrected chi connectivity index (χ4v) is 2.34. The van der Waals surface area contributed by atoms with Crippen molar-refractivity contribution in [3.05, 3.63) is 35.4 Å². The molecule has 0 saturated heterocycles. The van der Waals surface area contributed by atoms with E-state index in [0.717, 1.165) is 0 Å². The number of hydrogen-bond donors (Lipinski definition) is 1. The average molecular weight is 382 g/mol. The van der Waals surface area contributed by atoms with Gasteiger partial charge in [0.05, 0.1) is 18.8 Å². The van der Waals surface area contributed by atoms with E-state index >= 15 is 0 Å². The van der Waals surface area contributed by atoms with E-state index in [4.69, 9.17) is 14.2 Å². The van der Waals surface area contributed by atoms with Crippen LogP contribution in [0.3, 0.4) is 0 Å². The standard InChI is InChI=1S/C19H26O6S/c1-6-23-16(21)19(5,17(22)24-7-2)12-13-8-10-14(11-9-13)15(20)25-18(3,4)26/h8-11,26H,6-7,12H2,1-5H3. The van der Waals surface area contributed by atoms with Crippen molar-refractivity contribution >= 4 is 30.5 Å². The van der Waals surface area contributed by atoms with Gasteiger partial charge in [-0.2, -0.15) is 0 Å². The third-order valence-corrected chi connectivity index (χ3v) is 3.63. The molecule has 0 aliphatic carbocycles. The summed E-state index contributed by atoms with van der Waals surface area (Å²) in [6, 6.07) is 6.49. The highest BCUT2D eigenvalue weighted by Crippen LogP contribution is 2.27. The summed E-state index contributed by atoms with van der Waals surface area (Å²) in [7, 11) is 0. The molecule has 0 amide bonds. The van der Waals surface area contributed by atoms with E-state index in [1.807, 2.05) is 0 Å². The molecule has 1 rings (SSSR count). The van der Waals surface area contributed by atoms with Gasteiger partial charge in [0.15, 0.2) is 5.41 Å². The summed E-state index contributed by atoms with van der Waals surface area (Å²) in [5, 5.41) is 0. The van der Waals surface area contributed by atoms with Gasteiger partial charge in [0, 0.05) is 0 Å². The Labute approximate surface area is 159 Å². The lowest BCUT2D eigenvalue weighted by Gasteiger charge is -2.25. The second-order valence-electron chi connectivity index (χ2n) is 6.48. The van der Waals surface area contributed by atoms with E-state index in [2.05, 4.69) is 12.6 Å². The first-order chi connectivity index (χ1) is 12.0. The van der Waals surface area contributed by atoms with E-state index in [-0.39, 0.29) is 19.6 Å². The quantitative estimate of drug-likeness (QED) is 0.245. The van der Waals surface area contributed by atoms with Crippen LogP contribution >= 0.6 is 12.6 Å². The lowest BCUT2D eigenvalue weighted by molar-refractivity contribution is -0.170. The first kappa shape index (κ1) is 22.0. The molecule has 7 heteroatoms. The van der Waals surface area contributed by atoms with Crippen molar-refractivity contribution < 1.29 is 28.6 Å². The molecule has 0 radical (unpaired) electrons. The van der Waals surface area contributed by atoms with Crippen molar-refractivity contribution in [2.45, 2.75) is 46.0 Å². The van der Waals surface area contributed by atoms with Crippen molar-refractivity contribution in [2.24, 2.45) is 5.41 Å². The highest BCUT2D eigenvalue weighted by Gasteiger charge is 2.44. The number of benzene rings is 1. The number of thiol groups is 1. The topological polar surface area (TPSA) is 78.9 Å². The summed E-state index contributed by atoms with van der Waals surface area (Å²) >= 11 is 4.16. The van der Waals surface area contributed by atoms with Crippen molar-refractivity contribution in [1.29, 1.82) is 0 Å². The van der Waals surface area contributed by atoms with Crippen LogP contribution in [0, 0.1) is 5.41 Å². The maximum Gasteiger partial charge on any atom is 0.339 e. The molecule has 0 heterocycles. The number of ether oxygens (including phenoxy) is 3. The monoisotopic (exact) mass is 382 g/mol. The van der Waals surface area contributed by atoms with Crippen LogP contribution in [0.2, 0.25) is 0 Å². The number of rotatable bonds is 8. The van der Waals surface area contributed by atoms with Gasteiger partial charge in [-0.1, -0.05) is 12.1 Å². The van der Waals surface area contributed by atoms with Gasteiger partial charge >= 0.3 is 17.9 Å². The average Bonchev–Trinajstić information content (AvgIpc) is 2.54.